The minimum absolute atomic E-state index is 0.0449. The Balaban J connectivity index is 1.59. The Morgan fingerprint density at radius 1 is 1.31 bits per heavy atom. The van der Waals surface area contributed by atoms with Gasteiger partial charge in [0.1, 0.15) is 0 Å². The molecule has 140 valence electrons. The van der Waals surface area contributed by atoms with Crippen molar-refractivity contribution in [2.75, 3.05) is 6.54 Å². The summed E-state index contributed by atoms with van der Waals surface area (Å²) in [6.07, 6.45) is -2.47. The molecule has 2 aromatic rings. The van der Waals surface area contributed by atoms with Crippen molar-refractivity contribution in [3.63, 3.8) is 0 Å². The summed E-state index contributed by atoms with van der Waals surface area (Å²) in [5.41, 5.74) is -0.0495. The first kappa shape index (κ1) is 19.2. The van der Waals surface area contributed by atoms with Crippen molar-refractivity contribution in [1.82, 2.24) is 15.1 Å². The first-order chi connectivity index (χ1) is 12.3. The van der Waals surface area contributed by atoms with Crippen molar-refractivity contribution in [2.24, 2.45) is 0 Å². The Morgan fingerprint density at radius 3 is 2.54 bits per heavy atom. The predicted octanol–water partition coefficient (Wildman–Crippen LogP) is 5.02. The largest absolute Gasteiger partial charge is 0.436 e. The average Bonchev–Trinajstić information content (AvgIpc) is 3.34. The van der Waals surface area contributed by atoms with E-state index in [0.29, 0.717) is 24.2 Å². The van der Waals surface area contributed by atoms with Gasteiger partial charge in [0.2, 0.25) is 0 Å². The fourth-order valence-corrected chi connectivity index (χ4v) is 3.35. The van der Waals surface area contributed by atoms with Crippen LogP contribution in [0.5, 0.6) is 0 Å². The number of hydrogen-bond acceptors (Lipinski definition) is 2. The number of alkyl halides is 3. The Labute approximate surface area is 161 Å². The highest BCUT2D eigenvalue weighted by Crippen LogP contribution is 2.46. The molecule has 0 radical (unpaired) electrons. The molecule has 1 aliphatic rings. The summed E-state index contributed by atoms with van der Waals surface area (Å²) in [6.45, 7) is 0.597. The molecule has 0 aliphatic heterocycles. The van der Waals surface area contributed by atoms with Crippen molar-refractivity contribution in [3.8, 4) is 0 Å². The summed E-state index contributed by atoms with van der Waals surface area (Å²) in [6, 6.07) is 6.91. The maximum Gasteiger partial charge on any atom is 0.436 e. The number of halogens is 5. The highest BCUT2D eigenvalue weighted by molar-refractivity contribution is 9.10. The molecule has 0 bridgehead atoms. The van der Waals surface area contributed by atoms with E-state index in [4.69, 9.17) is 11.6 Å². The first-order valence-electron chi connectivity index (χ1n) is 8.14. The smallest absolute Gasteiger partial charge is 0.352 e. The number of hydrogen-bond donors (Lipinski definition) is 1. The number of carbonyl (C=O) groups excluding carboxylic acids is 1. The zero-order chi connectivity index (χ0) is 18.9. The van der Waals surface area contributed by atoms with Gasteiger partial charge < -0.3 is 5.32 Å². The van der Waals surface area contributed by atoms with Crippen LogP contribution in [0.4, 0.5) is 13.2 Å². The molecule has 0 atom stereocenters. The molecule has 1 fully saturated rings. The van der Waals surface area contributed by atoms with E-state index in [-0.39, 0.29) is 23.4 Å². The molecule has 1 saturated carbocycles. The molecule has 3 rings (SSSR count). The van der Waals surface area contributed by atoms with Gasteiger partial charge in [-0.15, -0.1) is 0 Å². The molecule has 1 aromatic carbocycles. The van der Waals surface area contributed by atoms with Gasteiger partial charge in [-0.2, -0.15) is 18.3 Å². The van der Waals surface area contributed by atoms with Crippen LogP contribution in [0.25, 0.3) is 0 Å². The first-order valence-corrected chi connectivity index (χ1v) is 9.31. The Morgan fingerprint density at radius 2 is 1.96 bits per heavy atom. The van der Waals surface area contributed by atoms with Crippen molar-refractivity contribution in [1.29, 1.82) is 0 Å². The molecular formula is C17H16BrClF3N3O. The number of aryl methyl sites for hydroxylation is 1. The van der Waals surface area contributed by atoms with Gasteiger partial charge in [-0.25, -0.2) is 0 Å². The van der Waals surface area contributed by atoms with Crippen LogP contribution in [0.15, 0.2) is 28.7 Å². The number of nitrogens with zero attached hydrogens (tertiary/aromatic N) is 2. The van der Waals surface area contributed by atoms with E-state index in [1.807, 2.05) is 0 Å². The third-order valence-corrected chi connectivity index (χ3v) is 5.00. The monoisotopic (exact) mass is 449 g/mol. The fourth-order valence-electron chi connectivity index (χ4n) is 2.69. The van der Waals surface area contributed by atoms with Gasteiger partial charge in [0.05, 0.1) is 10.7 Å². The molecule has 9 heteroatoms. The van der Waals surface area contributed by atoms with Crippen molar-refractivity contribution >= 4 is 33.4 Å². The Kier molecular flexibility index (Phi) is 5.62. The summed E-state index contributed by atoms with van der Waals surface area (Å²) in [7, 11) is 0. The van der Waals surface area contributed by atoms with Crippen molar-refractivity contribution in [3.05, 3.63) is 50.7 Å². The third kappa shape index (κ3) is 4.40. The molecule has 0 saturated heterocycles. The Bertz CT molecular complexity index is 801. The van der Waals surface area contributed by atoms with Crippen LogP contribution in [-0.4, -0.2) is 22.2 Å². The molecule has 0 unspecified atom stereocenters. The topological polar surface area (TPSA) is 46.9 Å². The van der Waals surface area contributed by atoms with E-state index in [0.717, 1.165) is 17.3 Å². The molecule has 0 spiro atoms. The second-order valence-electron chi connectivity index (χ2n) is 6.16. The van der Waals surface area contributed by atoms with E-state index in [2.05, 4.69) is 26.3 Å². The predicted molar refractivity (Wildman–Crippen MR) is 95.3 cm³/mol. The van der Waals surface area contributed by atoms with Crippen LogP contribution in [0, 0.1) is 0 Å². The standard InChI is InChI=1S/C17H16BrClF3N3O/c18-12-6-4-11(5-7-12)16(26)23-8-1-9-25-14(10-2-3-10)13(19)15(24-25)17(20,21)22/h4-7,10H,1-3,8-9H2,(H,23,26). The van der Waals surface area contributed by atoms with E-state index in [1.54, 1.807) is 24.3 Å². The maximum atomic E-state index is 13.0. The van der Waals surface area contributed by atoms with E-state index in [1.165, 1.54) is 4.68 Å². The van der Waals surface area contributed by atoms with E-state index >= 15 is 0 Å². The summed E-state index contributed by atoms with van der Waals surface area (Å²) in [5, 5.41) is 6.13. The van der Waals surface area contributed by atoms with Gasteiger partial charge in [0, 0.05) is 29.0 Å². The molecule has 1 aromatic heterocycles. The highest BCUT2D eigenvalue weighted by Gasteiger charge is 2.41. The molecular weight excluding hydrogens is 435 g/mol. The lowest BCUT2D eigenvalue weighted by Gasteiger charge is -2.08. The zero-order valence-electron chi connectivity index (χ0n) is 13.6. The van der Waals surface area contributed by atoms with Crippen LogP contribution in [0.3, 0.4) is 0 Å². The second-order valence-corrected chi connectivity index (χ2v) is 7.45. The molecule has 4 nitrogen and oxygen atoms in total. The van der Waals surface area contributed by atoms with Crippen LogP contribution < -0.4 is 5.32 Å². The summed E-state index contributed by atoms with van der Waals surface area (Å²) in [5.74, 6) is -0.183. The molecule has 1 aliphatic carbocycles. The number of benzene rings is 1. The SMILES string of the molecule is O=C(NCCCn1nc(C(F)(F)F)c(Cl)c1C1CC1)c1ccc(Br)cc1. The van der Waals surface area contributed by atoms with Crippen molar-refractivity contribution < 1.29 is 18.0 Å². The minimum Gasteiger partial charge on any atom is -0.352 e. The van der Waals surface area contributed by atoms with Crippen LogP contribution >= 0.6 is 27.5 Å². The molecule has 1 amide bonds. The van der Waals surface area contributed by atoms with Crippen LogP contribution in [0.1, 0.15) is 46.9 Å². The number of rotatable bonds is 6. The summed E-state index contributed by atoms with van der Waals surface area (Å²) >= 11 is 9.23. The zero-order valence-corrected chi connectivity index (χ0v) is 16.0. The average molecular weight is 451 g/mol. The van der Waals surface area contributed by atoms with Crippen LogP contribution in [0.2, 0.25) is 5.02 Å². The number of nitrogens with one attached hydrogen (secondary N) is 1. The lowest BCUT2D eigenvalue weighted by Crippen LogP contribution is -2.25. The Hall–Kier alpha value is -1.54. The normalized spacial score (nSPS) is 14.5. The van der Waals surface area contributed by atoms with Crippen molar-refractivity contribution in [2.45, 2.75) is 37.9 Å². The summed E-state index contributed by atoms with van der Waals surface area (Å²) < 4.78 is 41.3. The quantitative estimate of drug-likeness (QED) is 0.629. The number of aromatic nitrogens is 2. The van der Waals surface area contributed by atoms with Gasteiger partial charge in [0.15, 0.2) is 5.69 Å². The summed E-state index contributed by atoms with van der Waals surface area (Å²) in [4.78, 5) is 12.0. The second kappa shape index (κ2) is 7.60. The lowest BCUT2D eigenvalue weighted by atomic mass is 10.2. The minimum atomic E-state index is -4.57. The van der Waals surface area contributed by atoms with Gasteiger partial charge in [-0.05, 0) is 43.5 Å². The molecule has 26 heavy (non-hydrogen) atoms. The fraction of sp³-hybridized carbons (Fsp3) is 0.412. The van der Waals surface area contributed by atoms with Gasteiger partial charge in [-0.1, -0.05) is 27.5 Å². The van der Waals surface area contributed by atoms with Gasteiger partial charge in [-0.3, -0.25) is 9.48 Å². The molecule has 1 heterocycles. The number of amides is 1. The lowest BCUT2D eigenvalue weighted by molar-refractivity contribution is -0.141. The van der Waals surface area contributed by atoms with Gasteiger partial charge in [0.25, 0.3) is 5.91 Å². The third-order valence-electron chi connectivity index (χ3n) is 4.10. The number of carbonyl (C=O) groups is 1. The van der Waals surface area contributed by atoms with E-state index < -0.39 is 11.9 Å². The van der Waals surface area contributed by atoms with Gasteiger partial charge >= 0.3 is 6.18 Å². The highest BCUT2D eigenvalue weighted by atomic mass is 79.9. The van der Waals surface area contributed by atoms with Crippen LogP contribution in [-0.2, 0) is 12.7 Å². The molecule has 1 N–H and O–H groups in total. The van der Waals surface area contributed by atoms with E-state index in [9.17, 15) is 18.0 Å². The maximum absolute atomic E-state index is 13.0.